The van der Waals surface area contributed by atoms with Gasteiger partial charge in [0.2, 0.25) is 5.95 Å². The molecule has 3 aromatic heterocycles. The molecule has 0 radical (unpaired) electrons. The molecule has 1 aliphatic rings. The van der Waals surface area contributed by atoms with E-state index in [0.717, 1.165) is 33.9 Å². The van der Waals surface area contributed by atoms with Crippen molar-refractivity contribution in [2.24, 2.45) is 7.05 Å². The zero-order chi connectivity index (χ0) is 28.8. The lowest BCUT2D eigenvalue weighted by molar-refractivity contribution is 0.144. The van der Waals surface area contributed by atoms with Gasteiger partial charge >= 0.3 is 6.03 Å². The van der Waals surface area contributed by atoms with E-state index >= 15 is 0 Å². The van der Waals surface area contributed by atoms with Gasteiger partial charge in [-0.3, -0.25) is 9.25 Å². The quantitative estimate of drug-likeness (QED) is 0.228. The number of benzene rings is 1. The van der Waals surface area contributed by atoms with Crippen LogP contribution in [0.5, 0.6) is 0 Å². The van der Waals surface area contributed by atoms with E-state index in [1.807, 2.05) is 61.5 Å². The molecule has 0 spiro atoms. The Morgan fingerprint density at radius 2 is 1.98 bits per heavy atom. The third-order valence-corrected chi connectivity index (χ3v) is 12.7. The molecule has 4 aromatic rings. The minimum atomic E-state index is -2.05. The maximum atomic E-state index is 13.8. The third kappa shape index (κ3) is 5.43. The summed E-state index contributed by atoms with van der Waals surface area (Å²) in [6, 6.07) is 11.2. The molecule has 0 fully saturated rings. The molecule has 1 aromatic carbocycles. The second-order valence-electron chi connectivity index (χ2n) is 11.8. The van der Waals surface area contributed by atoms with Gasteiger partial charge in [-0.1, -0.05) is 44.5 Å². The van der Waals surface area contributed by atoms with Gasteiger partial charge in [0.1, 0.15) is 5.82 Å². The van der Waals surface area contributed by atoms with Crippen molar-refractivity contribution in [1.82, 2.24) is 29.2 Å². The third-order valence-electron chi connectivity index (χ3n) is 8.01. The van der Waals surface area contributed by atoms with Crippen LogP contribution < -0.4 is 5.32 Å². The van der Waals surface area contributed by atoms with Crippen LogP contribution in [0.3, 0.4) is 0 Å². The number of rotatable bonds is 8. The lowest BCUT2D eigenvalue weighted by Gasteiger charge is -2.38. The van der Waals surface area contributed by atoms with Crippen molar-refractivity contribution in [3.05, 3.63) is 76.8 Å². The Labute approximate surface area is 241 Å². The number of carbonyl (C=O) groups is 1. The zero-order valence-corrected chi connectivity index (χ0v) is 25.8. The molecule has 210 valence electrons. The van der Waals surface area contributed by atoms with E-state index in [-0.39, 0.29) is 17.1 Å². The summed E-state index contributed by atoms with van der Waals surface area (Å²) in [5, 5.41) is 8.08. The first-order valence-electron chi connectivity index (χ1n) is 13.3. The van der Waals surface area contributed by atoms with Crippen LogP contribution in [-0.2, 0) is 18.0 Å². The number of aromatic nitrogens is 5. The fourth-order valence-electron chi connectivity index (χ4n) is 4.55. The Kier molecular flexibility index (Phi) is 7.36. The molecule has 11 heteroatoms. The second-order valence-corrected chi connectivity index (χ2v) is 17.1. The topological polar surface area (TPSA) is 90.1 Å². The molecule has 1 aliphatic heterocycles. The molecule has 0 bridgehead atoms. The second kappa shape index (κ2) is 10.5. The van der Waals surface area contributed by atoms with Gasteiger partial charge in [-0.25, -0.2) is 14.8 Å². The Morgan fingerprint density at radius 1 is 1.20 bits per heavy atom. The van der Waals surface area contributed by atoms with Gasteiger partial charge < -0.3 is 14.6 Å². The van der Waals surface area contributed by atoms with Crippen LogP contribution in [-0.4, -0.2) is 50.2 Å². The zero-order valence-electron chi connectivity index (χ0n) is 24.1. The maximum absolute atomic E-state index is 13.8. The van der Waals surface area contributed by atoms with Gasteiger partial charge in [-0.15, -0.1) is 0 Å². The number of hydrogen-bond acceptors (Lipinski definition) is 6. The van der Waals surface area contributed by atoms with Crippen molar-refractivity contribution in [3.63, 3.8) is 0 Å². The maximum Gasteiger partial charge on any atom is 0.329 e. The van der Waals surface area contributed by atoms with E-state index in [1.54, 1.807) is 21.6 Å². The molecule has 0 unspecified atom stereocenters. The van der Waals surface area contributed by atoms with Crippen LogP contribution in [0, 0.1) is 6.92 Å². The summed E-state index contributed by atoms with van der Waals surface area (Å²) in [6.45, 7) is 13.9. The van der Waals surface area contributed by atoms with Crippen molar-refractivity contribution in [2.75, 3.05) is 11.9 Å². The standard InChI is InChI=1S/C29H36ClN7O2Si/c1-19-15-31-27(33-25-11-12-32-35(25)5)34-26(19)21-14-23-17-37(28(38)36(23)16-21)24(20-9-8-10-22(30)13-20)18-39-40(6,7)29(2,3)4/h8-16,24H,17-18H2,1-7H3,(H,31,33,34)/t24-/m1/s1. The molecule has 0 saturated heterocycles. The van der Waals surface area contributed by atoms with Crippen LogP contribution >= 0.6 is 11.6 Å². The van der Waals surface area contributed by atoms with Crippen LogP contribution in [0.4, 0.5) is 16.6 Å². The van der Waals surface area contributed by atoms with Crippen molar-refractivity contribution in [1.29, 1.82) is 0 Å². The molecular formula is C29H36ClN7O2Si. The van der Waals surface area contributed by atoms with Gasteiger partial charge in [0.15, 0.2) is 8.32 Å². The number of carbonyl (C=O) groups excluding carboxylic acids is 1. The molecule has 1 amide bonds. The van der Waals surface area contributed by atoms with E-state index < -0.39 is 8.32 Å². The Morgan fingerprint density at radius 3 is 2.62 bits per heavy atom. The highest BCUT2D eigenvalue weighted by Gasteiger charge is 2.40. The summed E-state index contributed by atoms with van der Waals surface area (Å²) in [7, 11) is -0.198. The first-order valence-corrected chi connectivity index (χ1v) is 16.6. The largest absolute Gasteiger partial charge is 0.414 e. The van der Waals surface area contributed by atoms with Crippen molar-refractivity contribution in [2.45, 2.75) is 58.4 Å². The minimum Gasteiger partial charge on any atom is -0.414 e. The van der Waals surface area contributed by atoms with E-state index in [2.05, 4.69) is 49.3 Å². The van der Waals surface area contributed by atoms with Crippen molar-refractivity contribution < 1.29 is 9.22 Å². The monoisotopic (exact) mass is 577 g/mol. The number of hydrogen-bond donors (Lipinski definition) is 1. The molecule has 0 saturated carbocycles. The highest BCUT2D eigenvalue weighted by Crippen LogP contribution is 2.39. The Balaban J connectivity index is 1.42. The van der Waals surface area contributed by atoms with Gasteiger partial charge in [0, 0.05) is 41.8 Å². The summed E-state index contributed by atoms with van der Waals surface area (Å²) < 4.78 is 10.1. The lowest BCUT2D eigenvalue weighted by Crippen LogP contribution is -2.44. The summed E-state index contributed by atoms with van der Waals surface area (Å²) in [4.78, 5) is 24.9. The number of nitrogens with zero attached hydrogens (tertiary/aromatic N) is 6. The van der Waals surface area contributed by atoms with Gasteiger partial charge in [-0.2, -0.15) is 5.10 Å². The molecule has 5 rings (SSSR count). The number of nitrogens with one attached hydrogen (secondary N) is 1. The Hall–Kier alpha value is -3.47. The number of fused-ring (bicyclic) bond motifs is 1. The normalized spacial score (nSPS) is 14.5. The Bertz CT molecular complexity index is 1560. The van der Waals surface area contributed by atoms with Crippen molar-refractivity contribution >= 4 is 37.7 Å². The fourth-order valence-corrected chi connectivity index (χ4v) is 5.76. The van der Waals surface area contributed by atoms with Gasteiger partial charge in [0.25, 0.3) is 0 Å². The average molecular weight is 578 g/mol. The minimum absolute atomic E-state index is 0.0565. The van der Waals surface area contributed by atoms with Crippen LogP contribution in [0.1, 0.15) is 43.6 Å². The summed E-state index contributed by atoms with van der Waals surface area (Å²) >= 11 is 6.37. The van der Waals surface area contributed by atoms with Crippen LogP contribution in [0.2, 0.25) is 23.2 Å². The fraction of sp³-hybridized carbons (Fsp3) is 0.379. The predicted molar refractivity (Wildman–Crippen MR) is 160 cm³/mol. The van der Waals surface area contributed by atoms with E-state index in [4.69, 9.17) is 21.0 Å². The molecular weight excluding hydrogens is 542 g/mol. The van der Waals surface area contributed by atoms with E-state index in [1.165, 1.54) is 0 Å². The van der Waals surface area contributed by atoms with E-state index in [9.17, 15) is 4.79 Å². The van der Waals surface area contributed by atoms with Crippen LogP contribution in [0.15, 0.2) is 55.0 Å². The van der Waals surface area contributed by atoms with Crippen molar-refractivity contribution in [3.8, 4) is 11.3 Å². The predicted octanol–water partition coefficient (Wildman–Crippen LogP) is 6.93. The summed E-state index contributed by atoms with van der Waals surface area (Å²) in [6.07, 6.45) is 5.36. The SMILES string of the molecule is Cc1cnc(Nc2ccnn2C)nc1-c1cc2n(c1)C(=O)N([C@H](CO[Si](C)(C)C(C)(C)C)c1cccc(Cl)c1)C2. The first kappa shape index (κ1) is 28.1. The highest BCUT2D eigenvalue weighted by atomic mass is 35.5. The molecule has 9 nitrogen and oxygen atoms in total. The number of anilines is 2. The molecule has 40 heavy (non-hydrogen) atoms. The van der Waals surface area contributed by atoms with Crippen LogP contribution in [0.25, 0.3) is 11.3 Å². The van der Waals surface area contributed by atoms with Gasteiger partial charge in [0.05, 0.1) is 31.1 Å². The average Bonchev–Trinajstić information content (AvgIpc) is 3.56. The molecule has 0 aliphatic carbocycles. The summed E-state index contributed by atoms with van der Waals surface area (Å²) in [5.74, 6) is 1.25. The number of aryl methyl sites for hydroxylation is 2. The number of amides is 1. The lowest BCUT2D eigenvalue weighted by atomic mass is 10.1. The molecule has 4 heterocycles. The molecule has 1 N–H and O–H groups in total. The smallest absolute Gasteiger partial charge is 0.329 e. The van der Waals surface area contributed by atoms with Gasteiger partial charge in [-0.05, 0) is 54.4 Å². The number of halogens is 1. The van der Waals surface area contributed by atoms with E-state index in [0.29, 0.717) is 24.1 Å². The highest BCUT2D eigenvalue weighted by molar-refractivity contribution is 6.74. The summed E-state index contributed by atoms with van der Waals surface area (Å²) in [5.41, 5.74) is 4.42. The first-order chi connectivity index (χ1) is 18.8. The molecule has 1 atom stereocenters.